The van der Waals surface area contributed by atoms with E-state index in [0.717, 1.165) is 4.90 Å². The first kappa shape index (κ1) is 15.6. The van der Waals surface area contributed by atoms with Crippen molar-refractivity contribution in [2.75, 3.05) is 13.1 Å². The number of amides is 1. The molecule has 0 unspecified atom stereocenters. The third kappa shape index (κ3) is 3.30. The Morgan fingerprint density at radius 3 is 2.37 bits per heavy atom. The lowest BCUT2D eigenvalue weighted by molar-refractivity contribution is -0.168. The number of oxime groups is 1. The number of nitrogens with two attached hydrogens (primary N) is 1. The summed E-state index contributed by atoms with van der Waals surface area (Å²) in [7, 11) is 0. The van der Waals surface area contributed by atoms with Crippen molar-refractivity contribution in [1.82, 2.24) is 4.90 Å². The Morgan fingerprint density at radius 2 is 2.05 bits per heavy atom. The Balaban J connectivity index is 2.92. The summed E-state index contributed by atoms with van der Waals surface area (Å²) in [5.74, 6) is -1.000. The van der Waals surface area contributed by atoms with Crippen LogP contribution in [0, 0.1) is 5.41 Å². The van der Waals surface area contributed by atoms with E-state index in [-0.39, 0.29) is 12.4 Å². The highest BCUT2D eigenvalue weighted by Crippen LogP contribution is 2.43. The third-order valence-electron chi connectivity index (χ3n) is 3.37. The average Bonchev–Trinajstić information content (AvgIpc) is 2.24. The van der Waals surface area contributed by atoms with Gasteiger partial charge in [0.1, 0.15) is 12.0 Å². The van der Waals surface area contributed by atoms with Gasteiger partial charge in [0.15, 0.2) is 5.84 Å². The lowest BCUT2D eigenvalue weighted by Crippen LogP contribution is -2.56. The van der Waals surface area contributed by atoms with E-state index in [0.29, 0.717) is 25.7 Å². The van der Waals surface area contributed by atoms with E-state index < -0.39 is 24.0 Å². The van der Waals surface area contributed by atoms with Gasteiger partial charge in [-0.25, -0.2) is 0 Å². The van der Waals surface area contributed by atoms with Gasteiger partial charge in [0.05, 0.1) is 0 Å². The van der Waals surface area contributed by atoms with Crippen molar-refractivity contribution in [2.45, 2.75) is 38.8 Å². The van der Waals surface area contributed by atoms with E-state index in [1.54, 1.807) is 6.92 Å². The molecule has 19 heavy (non-hydrogen) atoms. The highest BCUT2D eigenvalue weighted by molar-refractivity contribution is 6.07. The van der Waals surface area contributed by atoms with Crippen molar-refractivity contribution in [1.29, 1.82) is 0 Å². The van der Waals surface area contributed by atoms with Gasteiger partial charge in [-0.15, -0.1) is 0 Å². The van der Waals surface area contributed by atoms with Gasteiger partial charge >= 0.3 is 6.18 Å². The second kappa shape index (κ2) is 5.66. The minimum atomic E-state index is -4.46. The van der Waals surface area contributed by atoms with Gasteiger partial charge in [-0.1, -0.05) is 18.5 Å². The first-order chi connectivity index (χ1) is 8.77. The molecule has 1 rings (SSSR count). The van der Waals surface area contributed by atoms with Crippen LogP contribution < -0.4 is 5.73 Å². The van der Waals surface area contributed by atoms with Gasteiger partial charge in [0, 0.05) is 6.54 Å². The molecule has 1 saturated carbocycles. The molecule has 0 aromatic rings. The zero-order valence-corrected chi connectivity index (χ0v) is 10.7. The Labute approximate surface area is 109 Å². The minimum absolute atomic E-state index is 0.00119. The molecular formula is C11H18F3N3O2. The molecule has 0 radical (unpaired) electrons. The van der Waals surface area contributed by atoms with Crippen LogP contribution >= 0.6 is 0 Å². The fourth-order valence-corrected chi connectivity index (χ4v) is 2.25. The van der Waals surface area contributed by atoms with Crippen LogP contribution in [0.2, 0.25) is 0 Å². The van der Waals surface area contributed by atoms with Crippen LogP contribution in [0.15, 0.2) is 5.16 Å². The smallest absolute Gasteiger partial charge is 0.406 e. The predicted octanol–water partition coefficient (Wildman–Crippen LogP) is 1.70. The monoisotopic (exact) mass is 281 g/mol. The van der Waals surface area contributed by atoms with Crippen molar-refractivity contribution in [3.05, 3.63) is 0 Å². The Kier molecular flexibility index (Phi) is 4.65. The van der Waals surface area contributed by atoms with Gasteiger partial charge < -0.3 is 15.8 Å². The summed E-state index contributed by atoms with van der Waals surface area (Å²) in [5.41, 5.74) is 4.23. The number of rotatable bonds is 5. The quantitative estimate of drug-likeness (QED) is 0.348. The number of carbonyl (C=O) groups excluding carboxylic acids is 1. The molecule has 1 aliphatic carbocycles. The summed E-state index contributed by atoms with van der Waals surface area (Å²) < 4.78 is 37.4. The number of amidine groups is 1. The molecule has 8 heteroatoms. The fourth-order valence-electron chi connectivity index (χ4n) is 2.25. The topological polar surface area (TPSA) is 78.9 Å². The maximum absolute atomic E-state index is 12.5. The molecular weight excluding hydrogens is 263 g/mol. The van der Waals surface area contributed by atoms with Crippen molar-refractivity contribution < 1.29 is 23.2 Å². The second-order valence-corrected chi connectivity index (χ2v) is 4.76. The molecule has 0 bridgehead atoms. The molecule has 0 spiro atoms. The average molecular weight is 281 g/mol. The van der Waals surface area contributed by atoms with Crippen LogP contribution in [0.4, 0.5) is 13.2 Å². The Morgan fingerprint density at radius 1 is 1.47 bits per heavy atom. The molecule has 0 aromatic carbocycles. The van der Waals surface area contributed by atoms with E-state index >= 15 is 0 Å². The number of halogens is 3. The molecule has 1 amide bonds. The van der Waals surface area contributed by atoms with Crippen molar-refractivity contribution in [2.24, 2.45) is 16.3 Å². The Hall–Kier alpha value is -1.47. The van der Waals surface area contributed by atoms with E-state index in [4.69, 9.17) is 10.9 Å². The van der Waals surface area contributed by atoms with Gasteiger partial charge in [0.25, 0.3) is 0 Å². The van der Waals surface area contributed by atoms with Crippen LogP contribution in [-0.2, 0) is 4.79 Å². The summed E-state index contributed by atoms with van der Waals surface area (Å²) in [5, 5.41) is 11.5. The first-order valence-electron chi connectivity index (χ1n) is 6.11. The predicted molar refractivity (Wildman–Crippen MR) is 62.6 cm³/mol. The normalized spacial score (nSPS) is 18.8. The zero-order valence-electron chi connectivity index (χ0n) is 10.7. The standard InChI is InChI=1S/C11H18F3N3O2/c1-2-6-17(7-11(12,13)14)9(18)10(4-3-5-10)8(15)16-19/h19H,2-7H2,1H3,(H2,15,16). The maximum atomic E-state index is 12.5. The van der Waals surface area contributed by atoms with Crippen molar-refractivity contribution in [3.63, 3.8) is 0 Å². The maximum Gasteiger partial charge on any atom is 0.406 e. The molecule has 0 aromatic heterocycles. The van der Waals surface area contributed by atoms with Crippen molar-refractivity contribution >= 4 is 11.7 Å². The molecule has 1 fully saturated rings. The molecule has 5 nitrogen and oxygen atoms in total. The van der Waals surface area contributed by atoms with E-state index in [1.165, 1.54) is 0 Å². The zero-order chi connectivity index (χ0) is 14.7. The minimum Gasteiger partial charge on any atom is -0.409 e. The van der Waals surface area contributed by atoms with Crippen LogP contribution in [0.25, 0.3) is 0 Å². The summed E-state index contributed by atoms with van der Waals surface area (Å²) in [6.07, 6.45) is -2.73. The molecule has 0 atom stereocenters. The summed E-state index contributed by atoms with van der Waals surface area (Å²) in [4.78, 5) is 13.0. The lowest BCUT2D eigenvalue weighted by atomic mass is 9.66. The van der Waals surface area contributed by atoms with Gasteiger partial charge in [-0.2, -0.15) is 13.2 Å². The van der Waals surface area contributed by atoms with Crippen LogP contribution in [0.1, 0.15) is 32.6 Å². The third-order valence-corrected chi connectivity index (χ3v) is 3.37. The molecule has 0 saturated heterocycles. The molecule has 0 aliphatic heterocycles. The summed E-state index contributed by atoms with van der Waals surface area (Å²) in [6.45, 7) is 0.381. The molecule has 110 valence electrons. The van der Waals surface area contributed by atoms with E-state index in [1.807, 2.05) is 0 Å². The van der Waals surface area contributed by atoms with Crippen LogP contribution in [-0.4, -0.2) is 41.1 Å². The van der Waals surface area contributed by atoms with E-state index in [2.05, 4.69) is 5.16 Å². The highest BCUT2D eigenvalue weighted by atomic mass is 19.4. The van der Waals surface area contributed by atoms with Gasteiger partial charge in [0.2, 0.25) is 5.91 Å². The Bertz CT molecular complexity index is 365. The van der Waals surface area contributed by atoms with Crippen LogP contribution in [0.3, 0.4) is 0 Å². The molecule has 3 N–H and O–H groups in total. The highest BCUT2D eigenvalue weighted by Gasteiger charge is 2.51. The second-order valence-electron chi connectivity index (χ2n) is 4.76. The fraction of sp³-hybridized carbons (Fsp3) is 0.818. The number of hydrogen-bond donors (Lipinski definition) is 2. The largest absolute Gasteiger partial charge is 0.409 e. The SMILES string of the molecule is CCCN(CC(F)(F)F)C(=O)C1(C(N)=NO)CCC1. The first-order valence-corrected chi connectivity index (χ1v) is 6.11. The van der Waals surface area contributed by atoms with E-state index in [9.17, 15) is 18.0 Å². The lowest BCUT2D eigenvalue weighted by Gasteiger charge is -2.42. The number of hydrogen-bond acceptors (Lipinski definition) is 3. The molecule has 1 aliphatic rings. The number of nitrogens with zero attached hydrogens (tertiary/aromatic N) is 2. The summed E-state index contributed by atoms with van der Waals surface area (Å²) in [6, 6.07) is 0. The van der Waals surface area contributed by atoms with Crippen LogP contribution in [0.5, 0.6) is 0 Å². The van der Waals surface area contributed by atoms with Gasteiger partial charge in [-0.05, 0) is 19.3 Å². The number of carbonyl (C=O) groups is 1. The van der Waals surface area contributed by atoms with Gasteiger partial charge in [-0.3, -0.25) is 4.79 Å². The summed E-state index contributed by atoms with van der Waals surface area (Å²) >= 11 is 0. The number of alkyl halides is 3. The van der Waals surface area contributed by atoms with Crippen molar-refractivity contribution in [3.8, 4) is 0 Å². The molecule has 0 heterocycles.